The van der Waals surface area contributed by atoms with Crippen LogP contribution >= 0.6 is 23.2 Å². The molecule has 1 aliphatic rings. The summed E-state index contributed by atoms with van der Waals surface area (Å²) in [6.07, 6.45) is -0.621. The molecule has 1 fully saturated rings. The van der Waals surface area contributed by atoms with Crippen molar-refractivity contribution < 1.29 is 5.11 Å². The van der Waals surface area contributed by atoms with Crippen LogP contribution in [-0.4, -0.2) is 54.7 Å². The largest absolute Gasteiger partial charge is 0.387 e. The number of halogens is 2. The van der Waals surface area contributed by atoms with E-state index in [1.54, 1.807) is 6.07 Å². The van der Waals surface area contributed by atoms with Crippen molar-refractivity contribution >= 4 is 23.2 Å². The Morgan fingerprint density at radius 3 is 2.72 bits per heavy atom. The van der Waals surface area contributed by atoms with Gasteiger partial charge in [-0.1, -0.05) is 35.3 Å². The lowest BCUT2D eigenvalue weighted by molar-refractivity contribution is 0.0139. The number of hydrogen-bond acceptors (Lipinski definition) is 3. The molecular formula is C13H18Cl2N2O. The van der Waals surface area contributed by atoms with Gasteiger partial charge in [0.25, 0.3) is 0 Å². The Kier molecular flexibility index (Phi) is 4.51. The lowest BCUT2D eigenvalue weighted by Gasteiger charge is -2.40. The van der Waals surface area contributed by atoms with Gasteiger partial charge >= 0.3 is 0 Å². The van der Waals surface area contributed by atoms with Crippen molar-refractivity contribution in [3.8, 4) is 0 Å². The first-order chi connectivity index (χ1) is 8.50. The van der Waals surface area contributed by atoms with Crippen molar-refractivity contribution in [3.63, 3.8) is 0 Å². The Balaban J connectivity index is 2.24. The van der Waals surface area contributed by atoms with E-state index in [1.807, 2.05) is 19.2 Å². The van der Waals surface area contributed by atoms with E-state index in [0.717, 1.165) is 19.6 Å². The predicted octanol–water partition coefficient (Wildman–Crippen LogP) is 2.27. The molecule has 18 heavy (non-hydrogen) atoms. The van der Waals surface area contributed by atoms with Crippen molar-refractivity contribution in [1.82, 2.24) is 9.80 Å². The molecule has 100 valence electrons. The minimum atomic E-state index is -0.621. The predicted molar refractivity (Wildman–Crippen MR) is 75.3 cm³/mol. The van der Waals surface area contributed by atoms with Crippen LogP contribution in [-0.2, 0) is 0 Å². The van der Waals surface area contributed by atoms with Crippen molar-refractivity contribution in [3.05, 3.63) is 33.8 Å². The summed E-state index contributed by atoms with van der Waals surface area (Å²) in [5, 5.41) is 11.5. The van der Waals surface area contributed by atoms with Crippen LogP contribution in [0.25, 0.3) is 0 Å². The van der Waals surface area contributed by atoms with Crippen molar-refractivity contribution in [2.24, 2.45) is 0 Å². The SMILES string of the molecule is CN1CCN(C)C(C(O)c2cccc(Cl)c2Cl)C1. The molecule has 0 amide bonds. The highest BCUT2D eigenvalue weighted by Crippen LogP contribution is 2.33. The fourth-order valence-electron chi connectivity index (χ4n) is 2.34. The minimum Gasteiger partial charge on any atom is -0.387 e. The number of hydrogen-bond donors (Lipinski definition) is 1. The van der Waals surface area contributed by atoms with Gasteiger partial charge in [0.1, 0.15) is 0 Å². The summed E-state index contributed by atoms with van der Waals surface area (Å²) in [6.45, 7) is 2.78. The monoisotopic (exact) mass is 288 g/mol. The first-order valence-electron chi connectivity index (χ1n) is 6.01. The molecule has 0 saturated carbocycles. The molecule has 1 aromatic rings. The molecule has 1 N–H and O–H groups in total. The maximum absolute atomic E-state index is 10.5. The van der Waals surface area contributed by atoms with E-state index >= 15 is 0 Å². The fourth-order valence-corrected chi connectivity index (χ4v) is 2.76. The van der Waals surface area contributed by atoms with Crippen LogP contribution in [0.15, 0.2) is 18.2 Å². The molecule has 1 aliphatic heterocycles. The van der Waals surface area contributed by atoms with E-state index in [-0.39, 0.29) is 6.04 Å². The highest BCUT2D eigenvalue weighted by molar-refractivity contribution is 6.42. The van der Waals surface area contributed by atoms with E-state index in [9.17, 15) is 5.11 Å². The number of aliphatic hydroxyl groups is 1. The molecule has 0 aromatic heterocycles. The summed E-state index contributed by atoms with van der Waals surface area (Å²) in [5.41, 5.74) is 0.705. The van der Waals surface area contributed by atoms with Gasteiger partial charge < -0.3 is 10.0 Å². The zero-order valence-electron chi connectivity index (χ0n) is 10.6. The van der Waals surface area contributed by atoms with Crippen LogP contribution in [0.1, 0.15) is 11.7 Å². The number of benzene rings is 1. The van der Waals surface area contributed by atoms with Crippen LogP contribution in [0.2, 0.25) is 10.0 Å². The summed E-state index contributed by atoms with van der Waals surface area (Å²) in [4.78, 5) is 4.38. The Labute approximate surface area is 118 Å². The summed E-state index contributed by atoms with van der Waals surface area (Å²) in [6, 6.07) is 5.43. The van der Waals surface area contributed by atoms with Crippen LogP contribution in [0.4, 0.5) is 0 Å². The van der Waals surface area contributed by atoms with Crippen molar-refractivity contribution in [1.29, 1.82) is 0 Å². The van der Waals surface area contributed by atoms with Crippen molar-refractivity contribution in [2.75, 3.05) is 33.7 Å². The van der Waals surface area contributed by atoms with Crippen LogP contribution < -0.4 is 0 Å². The van der Waals surface area contributed by atoms with Gasteiger partial charge in [0, 0.05) is 25.2 Å². The summed E-state index contributed by atoms with van der Waals surface area (Å²) >= 11 is 12.2. The normalized spacial score (nSPS) is 24.2. The average molecular weight is 289 g/mol. The van der Waals surface area contributed by atoms with Gasteiger partial charge in [-0.2, -0.15) is 0 Å². The Morgan fingerprint density at radius 2 is 2.00 bits per heavy atom. The smallest absolute Gasteiger partial charge is 0.0972 e. The third kappa shape index (κ3) is 2.81. The molecule has 0 aliphatic carbocycles. The van der Waals surface area contributed by atoms with Gasteiger partial charge in [-0.25, -0.2) is 0 Å². The molecule has 2 rings (SSSR count). The van der Waals surface area contributed by atoms with Crippen LogP contribution in [0.3, 0.4) is 0 Å². The number of piperazine rings is 1. The molecule has 2 unspecified atom stereocenters. The standard InChI is InChI=1S/C13H18Cl2N2O/c1-16-6-7-17(2)11(8-16)13(18)9-4-3-5-10(14)12(9)15/h3-5,11,13,18H,6-8H2,1-2H3. The second-order valence-electron chi connectivity index (χ2n) is 4.90. The molecule has 1 heterocycles. The Bertz CT molecular complexity index is 427. The lowest BCUT2D eigenvalue weighted by atomic mass is 9.99. The van der Waals surface area contributed by atoms with Gasteiger partial charge in [-0.15, -0.1) is 0 Å². The fraction of sp³-hybridized carbons (Fsp3) is 0.538. The number of likely N-dealkylation sites (N-methyl/N-ethyl adjacent to an activating group) is 2. The van der Waals surface area contributed by atoms with Gasteiger partial charge in [-0.3, -0.25) is 4.90 Å². The third-order valence-electron chi connectivity index (χ3n) is 3.56. The van der Waals surface area contributed by atoms with E-state index in [0.29, 0.717) is 15.6 Å². The summed E-state index contributed by atoms with van der Waals surface area (Å²) in [7, 11) is 4.09. The van der Waals surface area contributed by atoms with Gasteiger partial charge in [0.05, 0.1) is 22.2 Å². The molecule has 3 nitrogen and oxygen atoms in total. The second kappa shape index (κ2) is 5.76. The van der Waals surface area contributed by atoms with E-state index in [2.05, 4.69) is 16.8 Å². The molecule has 0 bridgehead atoms. The molecule has 1 saturated heterocycles. The van der Waals surface area contributed by atoms with E-state index < -0.39 is 6.10 Å². The zero-order chi connectivity index (χ0) is 13.3. The minimum absolute atomic E-state index is 0.0414. The molecule has 1 aromatic carbocycles. The zero-order valence-corrected chi connectivity index (χ0v) is 12.1. The van der Waals surface area contributed by atoms with Crippen molar-refractivity contribution in [2.45, 2.75) is 12.1 Å². The van der Waals surface area contributed by atoms with E-state index in [1.165, 1.54) is 0 Å². The van der Waals surface area contributed by atoms with Crippen LogP contribution in [0, 0.1) is 0 Å². The Morgan fingerprint density at radius 1 is 1.28 bits per heavy atom. The van der Waals surface area contributed by atoms with Gasteiger partial charge in [0.2, 0.25) is 0 Å². The first kappa shape index (κ1) is 14.1. The van der Waals surface area contributed by atoms with Crippen LogP contribution in [0.5, 0.6) is 0 Å². The molecule has 0 spiro atoms. The summed E-state index contributed by atoms with van der Waals surface area (Å²) in [5.74, 6) is 0. The third-order valence-corrected chi connectivity index (χ3v) is 4.40. The lowest BCUT2D eigenvalue weighted by Crippen LogP contribution is -2.52. The van der Waals surface area contributed by atoms with Gasteiger partial charge in [0.15, 0.2) is 0 Å². The number of rotatable bonds is 2. The topological polar surface area (TPSA) is 26.7 Å². The first-order valence-corrected chi connectivity index (χ1v) is 6.77. The summed E-state index contributed by atoms with van der Waals surface area (Å²) < 4.78 is 0. The highest BCUT2D eigenvalue weighted by Gasteiger charge is 2.30. The quantitative estimate of drug-likeness (QED) is 0.905. The number of nitrogens with zero attached hydrogens (tertiary/aromatic N) is 2. The molecular weight excluding hydrogens is 271 g/mol. The Hall–Kier alpha value is -0.320. The maximum atomic E-state index is 10.5. The maximum Gasteiger partial charge on any atom is 0.0972 e. The van der Waals surface area contributed by atoms with Gasteiger partial charge in [-0.05, 0) is 20.2 Å². The highest BCUT2D eigenvalue weighted by atomic mass is 35.5. The second-order valence-corrected chi connectivity index (χ2v) is 5.68. The van der Waals surface area contributed by atoms with E-state index in [4.69, 9.17) is 23.2 Å². The number of aliphatic hydroxyl groups excluding tert-OH is 1. The average Bonchev–Trinajstić information content (AvgIpc) is 2.35. The molecule has 0 radical (unpaired) electrons. The molecule has 5 heteroatoms. The molecule has 2 atom stereocenters.